The van der Waals surface area contributed by atoms with E-state index in [1.165, 1.54) is 30.2 Å². The Morgan fingerprint density at radius 3 is 2.27 bits per heavy atom. The molecule has 6 nitrogen and oxygen atoms in total. The van der Waals surface area contributed by atoms with Gasteiger partial charge in [0.2, 0.25) is 0 Å². The molecule has 1 unspecified atom stereocenters. The van der Waals surface area contributed by atoms with E-state index in [0.717, 1.165) is 12.0 Å². The number of amides is 1. The summed E-state index contributed by atoms with van der Waals surface area (Å²) in [6.07, 6.45) is 0.831. The number of rotatable bonds is 5. The number of ketones is 1. The summed E-state index contributed by atoms with van der Waals surface area (Å²) < 4.78 is 5.19. The average molecular weight is 464 g/mol. The number of phenols is 1. The molecular formula is C26H22ClNO5. The number of nitrogens with zero attached hydrogens (tertiary/aromatic N) is 1. The van der Waals surface area contributed by atoms with Gasteiger partial charge in [0, 0.05) is 11.3 Å². The van der Waals surface area contributed by atoms with Crippen LogP contribution in [0.2, 0.25) is 5.02 Å². The van der Waals surface area contributed by atoms with Gasteiger partial charge in [-0.2, -0.15) is 0 Å². The zero-order valence-electron chi connectivity index (χ0n) is 18.1. The molecule has 33 heavy (non-hydrogen) atoms. The number of methoxy groups -OCH3 is 1. The van der Waals surface area contributed by atoms with Crippen molar-refractivity contribution in [3.05, 3.63) is 94.0 Å². The Morgan fingerprint density at radius 2 is 1.70 bits per heavy atom. The van der Waals surface area contributed by atoms with Gasteiger partial charge < -0.3 is 14.9 Å². The highest BCUT2D eigenvalue weighted by atomic mass is 35.5. The highest BCUT2D eigenvalue weighted by Gasteiger charge is 2.47. The summed E-state index contributed by atoms with van der Waals surface area (Å²) >= 11 is 6.29. The number of hydrogen-bond acceptors (Lipinski definition) is 5. The number of benzene rings is 3. The molecule has 0 radical (unpaired) electrons. The van der Waals surface area contributed by atoms with Crippen LogP contribution in [0.15, 0.2) is 72.3 Å². The van der Waals surface area contributed by atoms with Crippen LogP contribution in [0.3, 0.4) is 0 Å². The largest absolute Gasteiger partial charge is 0.508 e. The van der Waals surface area contributed by atoms with Crippen molar-refractivity contribution in [2.45, 2.75) is 19.4 Å². The Balaban J connectivity index is 1.91. The minimum Gasteiger partial charge on any atom is -0.508 e. The molecule has 3 aromatic carbocycles. The van der Waals surface area contributed by atoms with E-state index in [1.54, 1.807) is 36.4 Å². The van der Waals surface area contributed by atoms with Crippen LogP contribution < -0.4 is 9.64 Å². The zero-order valence-corrected chi connectivity index (χ0v) is 18.8. The minimum absolute atomic E-state index is 0.0399. The first kappa shape index (κ1) is 22.4. The van der Waals surface area contributed by atoms with Gasteiger partial charge in [-0.1, -0.05) is 54.9 Å². The third-order valence-corrected chi connectivity index (χ3v) is 6.00. The molecule has 1 aliphatic heterocycles. The Bertz CT molecular complexity index is 1250. The number of ether oxygens (including phenoxy) is 1. The lowest BCUT2D eigenvalue weighted by atomic mass is 9.94. The molecule has 7 heteroatoms. The van der Waals surface area contributed by atoms with Gasteiger partial charge in [-0.15, -0.1) is 0 Å². The molecule has 0 aromatic heterocycles. The van der Waals surface area contributed by atoms with Crippen molar-refractivity contribution >= 4 is 34.7 Å². The summed E-state index contributed by atoms with van der Waals surface area (Å²) in [5.74, 6) is -1.40. The molecule has 2 N–H and O–H groups in total. The van der Waals surface area contributed by atoms with Gasteiger partial charge in [0.1, 0.15) is 17.3 Å². The number of halogens is 1. The van der Waals surface area contributed by atoms with Crippen LogP contribution in [-0.2, 0) is 16.0 Å². The predicted octanol–water partition coefficient (Wildman–Crippen LogP) is 5.24. The quantitative estimate of drug-likeness (QED) is 0.307. The third kappa shape index (κ3) is 4.05. The van der Waals surface area contributed by atoms with Crippen molar-refractivity contribution in [2.24, 2.45) is 0 Å². The predicted molar refractivity (Wildman–Crippen MR) is 127 cm³/mol. The van der Waals surface area contributed by atoms with Gasteiger partial charge in [-0.25, -0.2) is 0 Å². The van der Waals surface area contributed by atoms with Crippen LogP contribution in [0.4, 0.5) is 5.69 Å². The number of aryl methyl sites for hydroxylation is 1. The molecule has 1 aliphatic rings. The number of carbonyl (C=O) groups is 2. The van der Waals surface area contributed by atoms with Gasteiger partial charge in [-0.3, -0.25) is 14.5 Å². The summed E-state index contributed by atoms with van der Waals surface area (Å²) in [6.45, 7) is 2.02. The lowest BCUT2D eigenvalue weighted by Gasteiger charge is -2.26. The highest BCUT2D eigenvalue weighted by Crippen LogP contribution is 2.43. The van der Waals surface area contributed by atoms with Crippen molar-refractivity contribution < 1.29 is 24.5 Å². The third-order valence-electron chi connectivity index (χ3n) is 5.70. The summed E-state index contributed by atoms with van der Waals surface area (Å²) in [4.78, 5) is 27.6. The second-order valence-electron chi connectivity index (χ2n) is 7.63. The first-order valence-electron chi connectivity index (χ1n) is 10.4. The summed E-state index contributed by atoms with van der Waals surface area (Å²) in [5.41, 5.74) is 2.39. The number of carbonyl (C=O) groups excluding carboxylic acids is 2. The number of aromatic hydroxyl groups is 1. The molecule has 1 atom stereocenters. The topological polar surface area (TPSA) is 87.1 Å². The number of aliphatic hydroxyl groups is 1. The minimum atomic E-state index is -0.916. The summed E-state index contributed by atoms with van der Waals surface area (Å²) in [6, 6.07) is 17.2. The maximum atomic E-state index is 13.2. The molecule has 4 rings (SSSR count). The van der Waals surface area contributed by atoms with Crippen molar-refractivity contribution in [1.82, 2.24) is 0 Å². The molecule has 1 heterocycles. The second-order valence-corrected chi connectivity index (χ2v) is 8.04. The fraction of sp³-hybridized carbons (Fsp3) is 0.154. The van der Waals surface area contributed by atoms with E-state index in [1.807, 2.05) is 19.1 Å². The number of Topliss-reactive ketones (excluding diaryl/α,β-unsaturated/α-hetero) is 1. The van der Waals surface area contributed by atoms with Gasteiger partial charge in [0.25, 0.3) is 11.7 Å². The van der Waals surface area contributed by atoms with Crippen LogP contribution >= 0.6 is 11.6 Å². The molecule has 1 amide bonds. The van der Waals surface area contributed by atoms with Crippen LogP contribution in [0, 0.1) is 0 Å². The van der Waals surface area contributed by atoms with Crippen LogP contribution in [0.25, 0.3) is 5.76 Å². The number of hydrogen-bond donors (Lipinski definition) is 2. The number of aliphatic hydroxyl groups excluding tert-OH is 1. The van der Waals surface area contributed by atoms with Crippen molar-refractivity contribution in [1.29, 1.82) is 0 Å². The zero-order chi connectivity index (χ0) is 23.7. The fourth-order valence-electron chi connectivity index (χ4n) is 3.93. The SMILES string of the molecule is CCc1ccc(/C(O)=C2\C(=O)C(=O)N(c3ccc(OC)c(Cl)c3)C2c2ccc(O)cc2)cc1. The normalized spacial score (nSPS) is 17.4. The Morgan fingerprint density at radius 1 is 1.03 bits per heavy atom. The van der Waals surface area contributed by atoms with E-state index < -0.39 is 17.7 Å². The fourth-order valence-corrected chi connectivity index (χ4v) is 4.18. The van der Waals surface area contributed by atoms with Gasteiger partial charge in [0.15, 0.2) is 0 Å². The van der Waals surface area contributed by atoms with E-state index in [0.29, 0.717) is 22.6 Å². The average Bonchev–Trinajstić information content (AvgIpc) is 3.09. The van der Waals surface area contributed by atoms with Crippen molar-refractivity contribution in [2.75, 3.05) is 12.0 Å². The van der Waals surface area contributed by atoms with E-state index in [9.17, 15) is 19.8 Å². The van der Waals surface area contributed by atoms with E-state index in [4.69, 9.17) is 16.3 Å². The first-order chi connectivity index (χ1) is 15.8. The van der Waals surface area contributed by atoms with Gasteiger partial charge >= 0.3 is 0 Å². The lowest BCUT2D eigenvalue weighted by Crippen LogP contribution is -2.29. The van der Waals surface area contributed by atoms with Gasteiger partial charge in [-0.05, 0) is 47.9 Å². The van der Waals surface area contributed by atoms with E-state index >= 15 is 0 Å². The van der Waals surface area contributed by atoms with Crippen molar-refractivity contribution in [3.63, 3.8) is 0 Å². The summed E-state index contributed by atoms with van der Waals surface area (Å²) in [5, 5.41) is 21.2. The molecule has 1 saturated heterocycles. The molecule has 3 aromatic rings. The summed E-state index contributed by atoms with van der Waals surface area (Å²) in [7, 11) is 1.48. The molecule has 168 valence electrons. The van der Waals surface area contributed by atoms with Crippen LogP contribution in [0.5, 0.6) is 11.5 Å². The molecule has 0 bridgehead atoms. The highest BCUT2D eigenvalue weighted by molar-refractivity contribution is 6.51. The van der Waals surface area contributed by atoms with Crippen molar-refractivity contribution in [3.8, 4) is 11.5 Å². The standard InChI is InChI=1S/C26H22ClNO5/c1-3-15-4-6-17(7-5-15)24(30)22-23(16-8-11-19(29)12-9-16)28(26(32)25(22)31)18-10-13-21(33-2)20(27)14-18/h4-14,23,29-30H,3H2,1-2H3/b24-22+. The number of anilines is 1. The molecule has 0 saturated carbocycles. The maximum absolute atomic E-state index is 13.2. The molecule has 1 fully saturated rings. The Hall–Kier alpha value is -3.77. The molecule has 0 aliphatic carbocycles. The first-order valence-corrected chi connectivity index (χ1v) is 10.8. The van der Waals surface area contributed by atoms with Crippen LogP contribution in [0.1, 0.15) is 29.7 Å². The molecule has 0 spiro atoms. The second kappa shape index (κ2) is 9.00. The monoisotopic (exact) mass is 463 g/mol. The van der Waals surface area contributed by atoms with Crippen LogP contribution in [-0.4, -0.2) is 29.0 Å². The van der Waals surface area contributed by atoms with E-state index in [2.05, 4.69) is 0 Å². The Labute approximate surface area is 196 Å². The molecular weight excluding hydrogens is 442 g/mol. The lowest BCUT2D eigenvalue weighted by molar-refractivity contribution is -0.132. The Kier molecular flexibility index (Phi) is 6.11. The number of phenolic OH excluding ortho intramolecular Hbond substituents is 1. The maximum Gasteiger partial charge on any atom is 0.300 e. The van der Waals surface area contributed by atoms with E-state index in [-0.39, 0.29) is 22.1 Å². The van der Waals surface area contributed by atoms with Gasteiger partial charge in [0.05, 0.1) is 23.7 Å². The smallest absolute Gasteiger partial charge is 0.300 e.